The minimum absolute atomic E-state index is 0.0112. The number of halogens is 1. The molecule has 0 radical (unpaired) electrons. The summed E-state index contributed by atoms with van der Waals surface area (Å²) in [6.07, 6.45) is 0.909. The number of amides is 1. The summed E-state index contributed by atoms with van der Waals surface area (Å²) in [5, 5.41) is 2.78. The number of carbonyl (C=O) groups excluding carboxylic acids is 2. The molecular formula is C9H15BrN2O3. The maximum absolute atomic E-state index is 11.2. The van der Waals surface area contributed by atoms with Crippen LogP contribution >= 0.6 is 15.9 Å². The standard InChI is InChI=1S/C9H15BrN2O3/c1-15-9(14)7(10)5-12-4-2-3-11-8(13)6-12/h7H,2-6H2,1H3,(H,11,13). The lowest BCUT2D eigenvalue weighted by molar-refractivity contribution is -0.140. The number of ether oxygens (including phenoxy) is 1. The molecular weight excluding hydrogens is 264 g/mol. The average Bonchev–Trinajstić information content (AvgIpc) is 2.41. The Kier molecular flexibility index (Phi) is 5.04. The molecule has 6 heteroatoms. The lowest BCUT2D eigenvalue weighted by Crippen LogP contribution is -2.38. The van der Waals surface area contributed by atoms with E-state index in [9.17, 15) is 9.59 Å². The smallest absolute Gasteiger partial charge is 0.320 e. The number of nitrogens with zero attached hydrogens (tertiary/aromatic N) is 1. The Morgan fingerprint density at radius 3 is 3.13 bits per heavy atom. The van der Waals surface area contributed by atoms with E-state index < -0.39 is 0 Å². The van der Waals surface area contributed by atoms with Crippen LogP contribution in [0.15, 0.2) is 0 Å². The van der Waals surface area contributed by atoms with Gasteiger partial charge in [-0.2, -0.15) is 0 Å². The third kappa shape index (κ3) is 4.17. The fraction of sp³-hybridized carbons (Fsp3) is 0.778. The molecule has 0 aromatic heterocycles. The second kappa shape index (κ2) is 6.07. The highest BCUT2D eigenvalue weighted by atomic mass is 79.9. The molecule has 1 amide bonds. The largest absolute Gasteiger partial charge is 0.468 e. The maximum Gasteiger partial charge on any atom is 0.320 e. The van der Waals surface area contributed by atoms with Gasteiger partial charge in [0.05, 0.1) is 13.7 Å². The summed E-state index contributed by atoms with van der Waals surface area (Å²) >= 11 is 3.24. The molecule has 1 fully saturated rings. The Labute approximate surface area is 97.3 Å². The Hall–Kier alpha value is -0.620. The third-order valence-electron chi connectivity index (χ3n) is 2.22. The van der Waals surface area contributed by atoms with Crippen molar-refractivity contribution in [1.29, 1.82) is 0 Å². The van der Waals surface area contributed by atoms with Crippen LogP contribution in [0.3, 0.4) is 0 Å². The number of rotatable bonds is 3. The van der Waals surface area contributed by atoms with Crippen molar-refractivity contribution in [2.24, 2.45) is 0 Å². The molecule has 0 aromatic carbocycles. The first-order chi connectivity index (χ1) is 7.13. The molecule has 0 aliphatic carbocycles. The molecule has 0 saturated carbocycles. The quantitative estimate of drug-likeness (QED) is 0.571. The molecule has 15 heavy (non-hydrogen) atoms. The first kappa shape index (κ1) is 12.4. The summed E-state index contributed by atoms with van der Waals surface area (Å²) in [7, 11) is 1.35. The van der Waals surface area contributed by atoms with E-state index >= 15 is 0 Å². The van der Waals surface area contributed by atoms with Crippen molar-refractivity contribution in [3.63, 3.8) is 0 Å². The van der Waals surface area contributed by atoms with Crippen LogP contribution in [0.2, 0.25) is 0 Å². The zero-order valence-corrected chi connectivity index (χ0v) is 10.2. The first-order valence-corrected chi connectivity index (χ1v) is 5.76. The molecule has 5 nitrogen and oxygen atoms in total. The number of hydrogen-bond donors (Lipinski definition) is 1. The molecule has 1 atom stereocenters. The van der Waals surface area contributed by atoms with Crippen molar-refractivity contribution in [2.45, 2.75) is 11.2 Å². The number of nitrogens with one attached hydrogen (secondary N) is 1. The molecule has 1 aliphatic rings. The third-order valence-corrected chi connectivity index (χ3v) is 2.88. The second-order valence-electron chi connectivity index (χ2n) is 3.43. The predicted octanol–water partition coefficient (Wildman–Crippen LogP) is -0.255. The van der Waals surface area contributed by atoms with E-state index in [0.717, 1.165) is 13.0 Å². The maximum atomic E-state index is 11.2. The van der Waals surface area contributed by atoms with Gasteiger partial charge in [-0.1, -0.05) is 15.9 Å². The second-order valence-corrected chi connectivity index (χ2v) is 4.53. The van der Waals surface area contributed by atoms with E-state index in [0.29, 0.717) is 19.6 Å². The molecule has 1 rings (SSSR count). The van der Waals surface area contributed by atoms with Crippen molar-refractivity contribution < 1.29 is 14.3 Å². The minimum atomic E-state index is -0.367. The van der Waals surface area contributed by atoms with Gasteiger partial charge in [0.25, 0.3) is 0 Å². The summed E-state index contributed by atoms with van der Waals surface area (Å²) < 4.78 is 4.60. The van der Waals surface area contributed by atoms with Gasteiger partial charge in [0.1, 0.15) is 4.83 Å². The highest BCUT2D eigenvalue weighted by Gasteiger charge is 2.22. The summed E-state index contributed by atoms with van der Waals surface area (Å²) in [6.45, 7) is 2.37. The van der Waals surface area contributed by atoms with E-state index in [1.807, 2.05) is 4.90 Å². The molecule has 1 aliphatic heterocycles. The normalized spacial score (nSPS) is 20.3. The van der Waals surface area contributed by atoms with Gasteiger partial charge in [-0.05, 0) is 6.42 Å². The molecule has 1 heterocycles. The number of alkyl halides is 1. The van der Waals surface area contributed by atoms with Crippen molar-refractivity contribution in [3.8, 4) is 0 Å². The van der Waals surface area contributed by atoms with Gasteiger partial charge in [0, 0.05) is 19.6 Å². The minimum Gasteiger partial charge on any atom is -0.468 e. The van der Waals surface area contributed by atoms with Crippen molar-refractivity contribution >= 4 is 27.8 Å². The van der Waals surface area contributed by atoms with Gasteiger partial charge in [0.15, 0.2) is 0 Å². The fourth-order valence-electron chi connectivity index (χ4n) is 1.45. The van der Waals surface area contributed by atoms with E-state index in [1.165, 1.54) is 7.11 Å². The summed E-state index contributed by atoms with van der Waals surface area (Å²) in [5.41, 5.74) is 0. The SMILES string of the molecule is COC(=O)C(Br)CN1CCCNC(=O)C1. The monoisotopic (exact) mass is 278 g/mol. The first-order valence-electron chi connectivity index (χ1n) is 4.84. The Balaban J connectivity index is 2.42. The number of carbonyl (C=O) groups is 2. The summed E-state index contributed by atoms with van der Waals surface area (Å²) in [4.78, 5) is 24.0. The predicted molar refractivity (Wildman–Crippen MR) is 58.8 cm³/mol. The Morgan fingerprint density at radius 1 is 1.73 bits per heavy atom. The average molecular weight is 279 g/mol. The highest BCUT2D eigenvalue weighted by molar-refractivity contribution is 9.10. The fourth-order valence-corrected chi connectivity index (χ4v) is 2.05. The molecule has 1 unspecified atom stereocenters. The Morgan fingerprint density at radius 2 is 2.47 bits per heavy atom. The van der Waals surface area contributed by atoms with Crippen LogP contribution in [0.5, 0.6) is 0 Å². The zero-order chi connectivity index (χ0) is 11.3. The van der Waals surface area contributed by atoms with E-state index in [1.54, 1.807) is 0 Å². The molecule has 0 spiro atoms. The van der Waals surface area contributed by atoms with Gasteiger partial charge >= 0.3 is 5.97 Å². The van der Waals surface area contributed by atoms with Gasteiger partial charge < -0.3 is 10.1 Å². The summed E-state index contributed by atoms with van der Waals surface area (Å²) in [6, 6.07) is 0. The molecule has 1 N–H and O–H groups in total. The van der Waals surface area contributed by atoms with Crippen LogP contribution in [0.25, 0.3) is 0 Å². The lowest BCUT2D eigenvalue weighted by atomic mass is 10.3. The topological polar surface area (TPSA) is 58.6 Å². The van der Waals surface area contributed by atoms with Crippen LogP contribution in [0.4, 0.5) is 0 Å². The van der Waals surface area contributed by atoms with Crippen LogP contribution in [0.1, 0.15) is 6.42 Å². The summed E-state index contributed by atoms with van der Waals surface area (Å²) in [5.74, 6) is -0.295. The highest BCUT2D eigenvalue weighted by Crippen LogP contribution is 2.06. The van der Waals surface area contributed by atoms with Gasteiger partial charge in [-0.3, -0.25) is 14.5 Å². The Bertz CT molecular complexity index is 248. The van der Waals surface area contributed by atoms with Gasteiger partial charge in [-0.15, -0.1) is 0 Å². The molecule has 1 saturated heterocycles. The number of esters is 1. The van der Waals surface area contributed by atoms with Gasteiger partial charge in [-0.25, -0.2) is 0 Å². The van der Waals surface area contributed by atoms with Crippen molar-refractivity contribution in [2.75, 3.05) is 33.3 Å². The lowest BCUT2D eigenvalue weighted by Gasteiger charge is -2.20. The van der Waals surface area contributed by atoms with Crippen LogP contribution in [-0.2, 0) is 14.3 Å². The van der Waals surface area contributed by atoms with E-state index in [-0.39, 0.29) is 16.7 Å². The van der Waals surface area contributed by atoms with Crippen molar-refractivity contribution in [3.05, 3.63) is 0 Å². The molecule has 86 valence electrons. The number of methoxy groups -OCH3 is 1. The van der Waals surface area contributed by atoms with Crippen LogP contribution in [-0.4, -0.2) is 54.9 Å². The van der Waals surface area contributed by atoms with E-state index in [2.05, 4.69) is 26.0 Å². The molecule has 0 bridgehead atoms. The van der Waals surface area contributed by atoms with Gasteiger partial charge in [0.2, 0.25) is 5.91 Å². The number of hydrogen-bond acceptors (Lipinski definition) is 4. The van der Waals surface area contributed by atoms with E-state index in [4.69, 9.17) is 0 Å². The zero-order valence-electron chi connectivity index (χ0n) is 8.66. The molecule has 0 aromatic rings. The van der Waals surface area contributed by atoms with Crippen LogP contribution < -0.4 is 5.32 Å². The van der Waals surface area contributed by atoms with Crippen LogP contribution in [0, 0.1) is 0 Å². The van der Waals surface area contributed by atoms with Crippen molar-refractivity contribution in [1.82, 2.24) is 10.2 Å².